The predicted octanol–water partition coefficient (Wildman–Crippen LogP) is 3.17. The smallest absolute Gasteiger partial charge is 0.332 e. The Hall–Kier alpha value is -4.14. The number of rotatable bonds is 5. The lowest BCUT2D eigenvalue weighted by molar-refractivity contribution is -0.116. The fourth-order valence-corrected chi connectivity index (χ4v) is 4.77. The first kappa shape index (κ1) is 22.6. The Morgan fingerprint density at radius 3 is 2.46 bits per heavy atom. The number of anilines is 1. The lowest BCUT2D eigenvalue weighted by Crippen LogP contribution is -2.48. The molecule has 0 saturated carbocycles. The molecule has 0 spiro atoms. The SMILES string of the molecule is COc1cccc(-c2cc(C(=O)N3CCC(N4CC(=O)N(c5ccccc5)C4=O)CC3)n(C)n2)c1. The Labute approximate surface area is 203 Å². The Morgan fingerprint density at radius 1 is 1.00 bits per heavy atom. The number of likely N-dealkylation sites (tertiary alicyclic amines) is 1. The first-order valence-electron chi connectivity index (χ1n) is 11.6. The number of aryl methyl sites for hydroxylation is 1. The molecule has 180 valence electrons. The number of piperidine rings is 1. The second-order valence-electron chi connectivity index (χ2n) is 8.77. The minimum Gasteiger partial charge on any atom is -0.497 e. The number of ether oxygens (including phenoxy) is 1. The standard InChI is InChI=1S/C26H27N5O4/c1-28-23(16-22(27-28)18-7-6-10-21(15-18)35-2)25(33)29-13-11-19(12-14-29)30-17-24(32)31(26(30)34)20-8-4-3-5-9-20/h3-10,15-16,19H,11-14,17H2,1-2H3. The monoisotopic (exact) mass is 473 g/mol. The van der Waals surface area contributed by atoms with Crippen molar-refractivity contribution in [2.45, 2.75) is 18.9 Å². The van der Waals surface area contributed by atoms with Crippen LogP contribution in [0.1, 0.15) is 23.3 Å². The Morgan fingerprint density at radius 2 is 1.74 bits per heavy atom. The van der Waals surface area contributed by atoms with Gasteiger partial charge < -0.3 is 14.5 Å². The zero-order chi connectivity index (χ0) is 24.5. The van der Waals surface area contributed by atoms with E-state index in [-0.39, 0.29) is 30.4 Å². The Balaban J connectivity index is 1.25. The average molecular weight is 474 g/mol. The van der Waals surface area contributed by atoms with E-state index in [1.807, 2.05) is 30.3 Å². The van der Waals surface area contributed by atoms with Gasteiger partial charge in [-0.15, -0.1) is 0 Å². The third-order valence-corrected chi connectivity index (χ3v) is 6.66. The molecule has 3 aromatic rings. The van der Waals surface area contributed by atoms with E-state index in [9.17, 15) is 14.4 Å². The van der Waals surface area contributed by atoms with Crippen LogP contribution in [0.15, 0.2) is 60.7 Å². The van der Waals surface area contributed by atoms with Gasteiger partial charge in [0.25, 0.3) is 11.8 Å². The van der Waals surface area contributed by atoms with E-state index >= 15 is 0 Å². The molecule has 9 heteroatoms. The minimum atomic E-state index is -0.291. The maximum absolute atomic E-state index is 13.3. The maximum Gasteiger partial charge on any atom is 0.332 e. The van der Waals surface area contributed by atoms with Gasteiger partial charge in [0.1, 0.15) is 18.0 Å². The number of benzene rings is 2. The third kappa shape index (κ3) is 4.25. The highest BCUT2D eigenvalue weighted by atomic mass is 16.5. The number of hydrogen-bond acceptors (Lipinski definition) is 5. The highest BCUT2D eigenvalue weighted by Gasteiger charge is 2.42. The molecule has 0 bridgehead atoms. The van der Waals surface area contributed by atoms with E-state index in [0.29, 0.717) is 43.0 Å². The van der Waals surface area contributed by atoms with Crippen molar-refractivity contribution in [2.24, 2.45) is 7.05 Å². The predicted molar refractivity (Wildman–Crippen MR) is 130 cm³/mol. The molecule has 0 radical (unpaired) electrons. The van der Waals surface area contributed by atoms with Crippen LogP contribution in [-0.2, 0) is 11.8 Å². The molecule has 2 aliphatic rings. The number of urea groups is 1. The lowest BCUT2D eigenvalue weighted by atomic mass is 10.0. The number of methoxy groups -OCH3 is 1. The van der Waals surface area contributed by atoms with Crippen molar-refractivity contribution < 1.29 is 19.1 Å². The molecule has 0 N–H and O–H groups in total. The summed E-state index contributed by atoms with van der Waals surface area (Å²) in [5.41, 5.74) is 2.66. The van der Waals surface area contributed by atoms with Gasteiger partial charge in [0.05, 0.1) is 18.5 Å². The fourth-order valence-electron chi connectivity index (χ4n) is 4.77. The van der Waals surface area contributed by atoms with Crippen LogP contribution in [0.4, 0.5) is 10.5 Å². The van der Waals surface area contributed by atoms with Gasteiger partial charge in [-0.05, 0) is 43.2 Å². The quantitative estimate of drug-likeness (QED) is 0.531. The number of imide groups is 1. The molecule has 2 aliphatic heterocycles. The maximum atomic E-state index is 13.3. The third-order valence-electron chi connectivity index (χ3n) is 6.66. The number of para-hydroxylation sites is 1. The van der Waals surface area contributed by atoms with Crippen LogP contribution in [0.2, 0.25) is 0 Å². The van der Waals surface area contributed by atoms with E-state index in [2.05, 4.69) is 5.10 Å². The van der Waals surface area contributed by atoms with Crippen LogP contribution in [0.3, 0.4) is 0 Å². The van der Waals surface area contributed by atoms with Crippen LogP contribution < -0.4 is 9.64 Å². The van der Waals surface area contributed by atoms with Gasteiger partial charge in [-0.25, -0.2) is 9.69 Å². The molecule has 0 unspecified atom stereocenters. The van der Waals surface area contributed by atoms with Crippen molar-refractivity contribution in [3.8, 4) is 17.0 Å². The average Bonchev–Trinajstić information content (AvgIpc) is 3.43. The van der Waals surface area contributed by atoms with Gasteiger partial charge in [-0.2, -0.15) is 5.10 Å². The molecular formula is C26H27N5O4. The highest BCUT2D eigenvalue weighted by molar-refractivity contribution is 6.19. The number of carbonyl (C=O) groups excluding carboxylic acids is 3. The molecule has 35 heavy (non-hydrogen) atoms. The van der Waals surface area contributed by atoms with Crippen LogP contribution >= 0.6 is 0 Å². The zero-order valence-electron chi connectivity index (χ0n) is 19.8. The van der Waals surface area contributed by atoms with Gasteiger partial charge in [0.15, 0.2) is 0 Å². The second-order valence-corrected chi connectivity index (χ2v) is 8.77. The molecular weight excluding hydrogens is 446 g/mol. The van der Waals surface area contributed by atoms with Gasteiger partial charge >= 0.3 is 6.03 Å². The summed E-state index contributed by atoms with van der Waals surface area (Å²) in [6, 6.07) is 18.0. The summed E-state index contributed by atoms with van der Waals surface area (Å²) >= 11 is 0. The molecule has 5 rings (SSSR count). The van der Waals surface area contributed by atoms with E-state index in [1.54, 1.807) is 59.0 Å². The van der Waals surface area contributed by atoms with Crippen molar-refractivity contribution in [3.05, 3.63) is 66.4 Å². The topological polar surface area (TPSA) is 88.0 Å². The number of aromatic nitrogens is 2. The van der Waals surface area contributed by atoms with E-state index < -0.39 is 0 Å². The van der Waals surface area contributed by atoms with Crippen molar-refractivity contribution in [1.29, 1.82) is 0 Å². The normalized spacial score (nSPS) is 16.8. The van der Waals surface area contributed by atoms with Crippen LogP contribution in [0.25, 0.3) is 11.3 Å². The van der Waals surface area contributed by atoms with Crippen LogP contribution in [0, 0.1) is 0 Å². The minimum absolute atomic E-state index is 0.0674. The molecule has 4 amide bonds. The van der Waals surface area contributed by atoms with Gasteiger partial charge in [-0.1, -0.05) is 30.3 Å². The summed E-state index contributed by atoms with van der Waals surface area (Å²) in [6.45, 7) is 1.08. The second kappa shape index (κ2) is 9.25. The Bertz CT molecular complexity index is 1260. The number of amides is 4. The van der Waals surface area contributed by atoms with E-state index in [1.165, 1.54) is 4.90 Å². The zero-order valence-corrected chi connectivity index (χ0v) is 19.8. The fraction of sp³-hybridized carbons (Fsp3) is 0.308. The largest absolute Gasteiger partial charge is 0.497 e. The Kier molecular flexibility index (Phi) is 5.98. The summed E-state index contributed by atoms with van der Waals surface area (Å²) in [5, 5.41) is 4.52. The molecule has 2 saturated heterocycles. The van der Waals surface area contributed by atoms with Gasteiger partial charge in [0.2, 0.25) is 0 Å². The molecule has 2 aromatic carbocycles. The molecule has 1 aromatic heterocycles. The number of carbonyl (C=O) groups is 3. The van der Waals surface area contributed by atoms with Gasteiger partial charge in [0, 0.05) is 31.7 Å². The summed E-state index contributed by atoms with van der Waals surface area (Å²) in [4.78, 5) is 43.5. The first-order chi connectivity index (χ1) is 17.0. The molecule has 9 nitrogen and oxygen atoms in total. The van der Waals surface area contributed by atoms with Crippen molar-refractivity contribution >= 4 is 23.5 Å². The molecule has 0 atom stereocenters. The molecule has 2 fully saturated rings. The van der Waals surface area contributed by atoms with Crippen LogP contribution in [0.5, 0.6) is 5.75 Å². The first-order valence-corrected chi connectivity index (χ1v) is 11.6. The van der Waals surface area contributed by atoms with Crippen molar-refractivity contribution in [3.63, 3.8) is 0 Å². The number of nitrogens with zero attached hydrogens (tertiary/aromatic N) is 5. The van der Waals surface area contributed by atoms with Crippen molar-refractivity contribution in [2.75, 3.05) is 31.6 Å². The molecule has 3 heterocycles. The summed E-state index contributed by atoms with van der Waals surface area (Å²) in [5.74, 6) is 0.408. The van der Waals surface area contributed by atoms with Gasteiger partial charge in [-0.3, -0.25) is 14.3 Å². The number of hydrogen-bond donors (Lipinski definition) is 0. The summed E-state index contributed by atoms with van der Waals surface area (Å²) < 4.78 is 6.89. The summed E-state index contributed by atoms with van der Waals surface area (Å²) in [7, 11) is 3.37. The van der Waals surface area contributed by atoms with Crippen molar-refractivity contribution in [1.82, 2.24) is 19.6 Å². The lowest BCUT2D eigenvalue weighted by Gasteiger charge is -2.36. The van der Waals surface area contributed by atoms with Crippen LogP contribution in [-0.4, -0.2) is 70.2 Å². The van der Waals surface area contributed by atoms with E-state index in [0.717, 1.165) is 11.3 Å². The molecule has 0 aliphatic carbocycles. The highest BCUT2D eigenvalue weighted by Crippen LogP contribution is 2.28. The summed E-state index contributed by atoms with van der Waals surface area (Å²) in [6.07, 6.45) is 1.24. The van der Waals surface area contributed by atoms with E-state index in [4.69, 9.17) is 4.74 Å².